The molecule has 0 heterocycles. The van der Waals surface area contributed by atoms with Crippen LogP contribution in [0.25, 0.3) is 10.8 Å². The number of carbonyl (C=O) groups excluding carboxylic acids is 3. The molecule has 0 bridgehead atoms. The van der Waals surface area contributed by atoms with E-state index in [1.807, 2.05) is 86.9 Å². The van der Waals surface area contributed by atoms with Gasteiger partial charge in [-0.3, -0.25) is 14.4 Å². The van der Waals surface area contributed by atoms with Crippen LogP contribution in [-0.2, 0) is 27.2 Å². The van der Waals surface area contributed by atoms with Gasteiger partial charge in [0, 0.05) is 33.5 Å². The predicted molar refractivity (Wildman–Crippen MR) is 148 cm³/mol. The topological polar surface area (TPSA) is 73.0 Å². The van der Waals surface area contributed by atoms with E-state index in [4.69, 9.17) is 0 Å². The van der Waals surface area contributed by atoms with E-state index >= 15 is 0 Å². The van der Waals surface area contributed by atoms with Gasteiger partial charge in [-0.05, 0) is 49.0 Å². The number of nitrogens with zero attached hydrogens (tertiary/aromatic N) is 3. The number of amides is 3. The third-order valence-electron chi connectivity index (χ3n) is 6.67. The normalized spacial score (nSPS) is 12.7. The molecule has 0 spiro atoms. The second kappa shape index (κ2) is 13.6. The summed E-state index contributed by atoms with van der Waals surface area (Å²) in [6, 6.07) is 22.3. The first kappa shape index (κ1) is 27.9. The van der Waals surface area contributed by atoms with Crippen molar-refractivity contribution in [1.82, 2.24) is 20.0 Å². The van der Waals surface area contributed by atoms with Crippen LogP contribution in [0.1, 0.15) is 17.5 Å². The Kier molecular flexibility index (Phi) is 10.2. The Balaban J connectivity index is 1.81. The lowest BCUT2D eigenvalue weighted by atomic mass is 9.99. The summed E-state index contributed by atoms with van der Waals surface area (Å²) in [5, 5.41) is 4.87. The molecular formula is C30H38N4O3. The molecule has 3 rings (SSSR count). The molecule has 2 atom stereocenters. The lowest BCUT2D eigenvalue weighted by Crippen LogP contribution is -2.55. The average molecular weight is 503 g/mol. The molecule has 0 saturated heterocycles. The smallest absolute Gasteiger partial charge is 0.245 e. The van der Waals surface area contributed by atoms with E-state index in [1.54, 1.807) is 19.0 Å². The Bertz CT molecular complexity index is 1180. The Morgan fingerprint density at radius 1 is 0.784 bits per heavy atom. The second-order valence-corrected chi connectivity index (χ2v) is 9.79. The van der Waals surface area contributed by atoms with Crippen LogP contribution in [-0.4, -0.2) is 86.3 Å². The highest BCUT2D eigenvalue weighted by atomic mass is 16.2. The van der Waals surface area contributed by atoms with Gasteiger partial charge >= 0.3 is 0 Å². The van der Waals surface area contributed by atoms with Crippen molar-refractivity contribution in [2.75, 3.05) is 41.3 Å². The van der Waals surface area contributed by atoms with Gasteiger partial charge in [-0.15, -0.1) is 0 Å². The number of likely N-dealkylation sites (N-methyl/N-ethyl adjacent to an activating group) is 2. The lowest BCUT2D eigenvalue weighted by Gasteiger charge is -2.33. The highest BCUT2D eigenvalue weighted by Crippen LogP contribution is 2.18. The fourth-order valence-corrected chi connectivity index (χ4v) is 4.52. The highest BCUT2D eigenvalue weighted by Gasteiger charge is 2.33. The Hall–Kier alpha value is -3.71. The molecule has 2 unspecified atom stereocenters. The molecule has 0 aliphatic heterocycles. The van der Waals surface area contributed by atoms with E-state index in [2.05, 4.69) is 10.2 Å². The summed E-state index contributed by atoms with van der Waals surface area (Å²) < 4.78 is 0. The van der Waals surface area contributed by atoms with Gasteiger partial charge in [-0.25, -0.2) is 0 Å². The Labute approximate surface area is 220 Å². The molecule has 0 aromatic heterocycles. The van der Waals surface area contributed by atoms with E-state index in [0.717, 1.165) is 34.9 Å². The number of hydrogen-bond donors (Lipinski definition) is 1. The number of fused-ring (bicyclic) bond motifs is 1. The SMILES string of the molecule is CN(C)CCCN(C)C(=O)C(Cc1ccccc1)N(C)C(=O)C(Cc1ccc2ccccc2c1)NC=O. The van der Waals surface area contributed by atoms with Crippen LogP contribution in [0.5, 0.6) is 0 Å². The van der Waals surface area contributed by atoms with E-state index in [-0.39, 0.29) is 11.8 Å². The summed E-state index contributed by atoms with van der Waals surface area (Å²) in [5.74, 6) is -0.412. The predicted octanol–water partition coefficient (Wildman–Crippen LogP) is 2.98. The second-order valence-electron chi connectivity index (χ2n) is 9.79. The van der Waals surface area contributed by atoms with Crippen molar-refractivity contribution in [2.24, 2.45) is 0 Å². The minimum Gasteiger partial charge on any atom is -0.347 e. The van der Waals surface area contributed by atoms with Crippen LogP contribution in [0, 0.1) is 0 Å². The van der Waals surface area contributed by atoms with Crippen LogP contribution < -0.4 is 5.32 Å². The number of benzene rings is 3. The van der Waals surface area contributed by atoms with Crippen molar-refractivity contribution in [1.29, 1.82) is 0 Å². The molecule has 1 N–H and O–H groups in total. The average Bonchev–Trinajstić information content (AvgIpc) is 2.90. The molecule has 3 aromatic rings. The van der Waals surface area contributed by atoms with Gasteiger partial charge < -0.3 is 20.0 Å². The maximum Gasteiger partial charge on any atom is 0.245 e. The van der Waals surface area contributed by atoms with E-state index in [9.17, 15) is 14.4 Å². The van der Waals surface area contributed by atoms with Crippen molar-refractivity contribution < 1.29 is 14.4 Å². The Morgan fingerprint density at radius 3 is 2.14 bits per heavy atom. The summed E-state index contributed by atoms with van der Waals surface area (Å²) in [6.45, 7) is 1.46. The first-order chi connectivity index (χ1) is 17.8. The van der Waals surface area contributed by atoms with Gasteiger partial charge in [0.1, 0.15) is 12.1 Å². The zero-order valence-electron chi connectivity index (χ0n) is 22.3. The molecule has 0 radical (unpaired) electrons. The molecular weight excluding hydrogens is 464 g/mol. The minimum atomic E-state index is -0.784. The number of hydrogen-bond acceptors (Lipinski definition) is 4. The summed E-state index contributed by atoms with van der Waals surface area (Å²) in [4.78, 5) is 44.0. The summed E-state index contributed by atoms with van der Waals surface area (Å²) in [7, 11) is 7.44. The first-order valence-electron chi connectivity index (χ1n) is 12.7. The molecule has 3 amide bonds. The lowest BCUT2D eigenvalue weighted by molar-refractivity contribution is -0.145. The van der Waals surface area contributed by atoms with Crippen LogP contribution >= 0.6 is 0 Å². The third-order valence-corrected chi connectivity index (χ3v) is 6.67. The van der Waals surface area contributed by atoms with E-state index < -0.39 is 12.1 Å². The van der Waals surface area contributed by atoms with Crippen molar-refractivity contribution in [3.8, 4) is 0 Å². The molecule has 37 heavy (non-hydrogen) atoms. The number of carbonyl (C=O) groups is 3. The number of nitrogens with one attached hydrogen (secondary N) is 1. The van der Waals surface area contributed by atoms with Gasteiger partial charge in [-0.2, -0.15) is 0 Å². The summed E-state index contributed by atoms with van der Waals surface area (Å²) >= 11 is 0. The van der Waals surface area contributed by atoms with Gasteiger partial charge in [0.2, 0.25) is 18.2 Å². The summed E-state index contributed by atoms with van der Waals surface area (Å²) in [6.07, 6.45) is 2.11. The molecule has 0 fully saturated rings. The van der Waals surface area contributed by atoms with Crippen molar-refractivity contribution in [3.63, 3.8) is 0 Å². The molecule has 0 aliphatic carbocycles. The molecule has 196 valence electrons. The maximum absolute atomic E-state index is 13.7. The van der Waals surface area contributed by atoms with Gasteiger partial charge in [0.05, 0.1) is 0 Å². The highest BCUT2D eigenvalue weighted by molar-refractivity contribution is 5.91. The molecule has 7 heteroatoms. The quantitative estimate of drug-likeness (QED) is 0.365. The number of rotatable bonds is 13. The van der Waals surface area contributed by atoms with Crippen LogP contribution in [0.4, 0.5) is 0 Å². The van der Waals surface area contributed by atoms with Crippen LogP contribution in [0.3, 0.4) is 0 Å². The third kappa shape index (κ3) is 7.89. The van der Waals surface area contributed by atoms with Gasteiger partial charge in [-0.1, -0.05) is 72.8 Å². The first-order valence-corrected chi connectivity index (χ1v) is 12.7. The zero-order chi connectivity index (χ0) is 26.8. The minimum absolute atomic E-state index is 0.117. The Morgan fingerprint density at radius 2 is 1.46 bits per heavy atom. The van der Waals surface area contributed by atoms with Crippen LogP contribution in [0.15, 0.2) is 72.8 Å². The summed E-state index contributed by atoms with van der Waals surface area (Å²) in [5.41, 5.74) is 1.91. The zero-order valence-corrected chi connectivity index (χ0v) is 22.3. The monoisotopic (exact) mass is 502 g/mol. The van der Waals surface area contributed by atoms with E-state index in [0.29, 0.717) is 25.8 Å². The molecule has 7 nitrogen and oxygen atoms in total. The van der Waals surface area contributed by atoms with Crippen LogP contribution in [0.2, 0.25) is 0 Å². The standard InChI is InChI=1S/C30H38N4O3/c1-32(2)17-10-18-33(3)30(37)28(21-23-11-6-5-7-12-23)34(4)29(36)27(31-22-35)20-24-15-16-25-13-8-9-14-26(25)19-24/h5-9,11-16,19,22,27-28H,10,17-18,20-21H2,1-4H3,(H,31,35). The van der Waals surface area contributed by atoms with Gasteiger partial charge in [0.25, 0.3) is 0 Å². The maximum atomic E-state index is 13.7. The van der Waals surface area contributed by atoms with Crippen molar-refractivity contribution >= 4 is 29.0 Å². The van der Waals surface area contributed by atoms with Crippen molar-refractivity contribution in [2.45, 2.75) is 31.3 Å². The fourth-order valence-electron chi connectivity index (χ4n) is 4.52. The van der Waals surface area contributed by atoms with E-state index in [1.165, 1.54) is 4.90 Å². The van der Waals surface area contributed by atoms with Gasteiger partial charge in [0.15, 0.2) is 0 Å². The van der Waals surface area contributed by atoms with Crippen molar-refractivity contribution in [3.05, 3.63) is 83.9 Å². The largest absolute Gasteiger partial charge is 0.347 e. The molecule has 3 aromatic carbocycles. The molecule has 0 saturated carbocycles. The molecule has 0 aliphatic rings. The fraction of sp³-hybridized carbons (Fsp3) is 0.367.